The van der Waals surface area contributed by atoms with Crippen LogP contribution in [0.4, 0.5) is 4.79 Å². The van der Waals surface area contributed by atoms with E-state index in [0.29, 0.717) is 19.7 Å². The van der Waals surface area contributed by atoms with Crippen molar-refractivity contribution in [1.29, 1.82) is 0 Å². The van der Waals surface area contributed by atoms with Crippen LogP contribution in [0.3, 0.4) is 0 Å². The first-order chi connectivity index (χ1) is 12.3. The van der Waals surface area contributed by atoms with E-state index in [1.165, 1.54) is 5.56 Å². The van der Waals surface area contributed by atoms with Crippen LogP contribution >= 0.6 is 0 Å². The first-order valence-corrected chi connectivity index (χ1v) is 9.23. The normalized spacial score (nSPS) is 15.6. The van der Waals surface area contributed by atoms with E-state index < -0.39 is 11.7 Å². The summed E-state index contributed by atoms with van der Waals surface area (Å²) >= 11 is 0. The minimum Gasteiger partial charge on any atom is -0.444 e. The van der Waals surface area contributed by atoms with Gasteiger partial charge >= 0.3 is 6.09 Å². The Morgan fingerprint density at radius 2 is 1.81 bits per heavy atom. The highest BCUT2D eigenvalue weighted by Crippen LogP contribution is 2.16. The molecule has 1 aliphatic rings. The van der Waals surface area contributed by atoms with E-state index in [4.69, 9.17) is 9.47 Å². The number of carbonyl (C=O) groups is 2. The Morgan fingerprint density at radius 1 is 1.15 bits per heavy atom. The van der Waals surface area contributed by atoms with Crippen molar-refractivity contribution in [3.8, 4) is 0 Å². The maximum atomic E-state index is 12.2. The van der Waals surface area contributed by atoms with Crippen LogP contribution in [0, 0.1) is 0 Å². The van der Waals surface area contributed by atoms with Crippen molar-refractivity contribution in [2.75, 3.05) is 19.6 Å². The van der Waals surface area contributed by atoms with E-state index in [9.17, 15) is 9.59 Å². The Bertz CT molecular complexity index is 575. The second-order valence-electron chi connectivity index (χ2n) is 7.56. The highest BCUT2D eigenvalue weighted by atomic mass is 16.6. The second-order valence-corrected chi connectivity index (χ2v) is 7.56. The number of hydrogen-bond donors (Lipinski definition) is 1. The third-order valence-electron chi connectivity index (χ3n) is 4.13. The predicted octanol–water partition coefficient (Wildman–Crippen LogP) is 3.11. The summed E-state index contributed by atoms with van der Waals surface area (Å²) in [6.07, 6.45) is 1.68. The number of carbonyl (C=O) groups excluding carboxylic acids is 2. The second kappa shape index (κ2) is 9.57. The molecule has 2 rings (SSSR count). The van der Waals surface area contributed by atoms with Gasteiger partial charge in [0.1, 0.15) is 5.60 Å². The van der Waals surface area contributed by atoms with Gasteiger partial charge in [0, 0.05) is 26.1 Å². The smallest absolute Gasteiger partial charge is 0.407 e. The van der Waals surface area contributed by atoms with Crippen LogP contribution < -0.4 is 5.32 Å². The van der Waals surface area contributed by atoms with Gasteiger partial charge in [-0.1, -0.05) is 30.3 Å². The van der Waals surface area contributed by atoms with Crippen molar-refractivity contribution >= 4 is 12.0 Å². The third kappa shape index (κ3) is 7.44. The number of hydrogen-bond acceptors (Lipinski definition) is 4. The zero-order chi connectivity index (χ0) is 19.0. The van der Waals surface area contributed by atoms with Crippen LogP contribution in [0.2, 0.25) is 0 Å². The molecule has 1 aliphatic heterocycles. The van der Waals surface area contributed by atoms with Crippen molar-refractivity contribution < 1.29 is 19.1 Å². The SMILES string of the molecule is CC(C)(C)OC(=O)NCCC(=O)N1CCC(OCc2ccccc2)CC1. The zero-order valence-electron chi connectivity index (χ0n) is 16.0. The van der Waals surface area contributed by atoms with Gasteiger partial charge in [0.25, 0.3) is 0 Å². The molecule has 0 unspecified atom stereocenters. The quantitative estimate of drug-likeness (QED) is 0.844. The molecule has 1 fully saturated rings. The van der Waals surface area contributed by atoms with Gasteiger partial charge in [-0.15, -0.1) is 0 Å². The Hall–Kier alpha value is -2.08. The maximum Gasteiger partial charge on any atom is 0.407 e. The molecule has 1 N–H and O–H groups in total. The van der Waals surface area contributed by atoms with Crippen molar-refractivity contribution in [2.24, 2.45) is 0 Å². The predicted molar refractivity (Wildman–Crippen MR) is 99.7 cm³/mol. The molecule has 1 aromatic carbocycles. The molecule has 144 valence electrons. The van der Waals surface area contributed by atoms with Gasteiger partial charge in [-0.3, -0.25) is 4.79 Å². The standard InChI is InChI=1S/C20H30N2O4/c1-20(2,3)26-19(24)21-12-9-18(23)22-13-10-17(11-14-22)25-15-16-7-5-4-6-8-16/h4-8,17H,9-15H2,1-3H3,(H,21,24). The Morgan fingerprint density at radius 3 is 2.42 bits per heavy atom. The van der Waals surface area contributed by atoms with E-state index >= 15 is 0 Å². The maximum absolute atomic E-state index is 12.2. The number of benzene rings is 1. The summed E-state index contributed by atoms with van der Waals surface area (Å²) in [7, 11) is 0. The van der Waals surface area contributed by atoms with Gasteiger partial charge in [0.2, 0.25) is 5.91 Å². The van der Waals surface area contributed by atoms with Crippen LogP contribution in [0.5, 0.6) is 0 Å². The van der Waals surface area contributed by atoms with Gasteiger partial charge in [-0.25, -0.2) is 4.79 Å². The average molecular weight is 362 g/mol. The van der Waals surface area contributed by atoms with Gasteiger partial charge in [0.15, 0.2) is 0 Å². The van der Waals surface area contributed by atoms with E-state index in [0.717, 1.165) is 12.8 Å². The largest absolute Gasteiger partial charge is 0.444 e. The fraction of sp³-hybridized carbons (Fsp3) is 0.600. The van der Waals surface area contributed by atoms with E-state index in [-0.39, 0.29) is 25.0 Å². The molecule has 0 atom stereocenters. The fourth-order valence-corrected chi connectivity index (χ4v) is 2.80. The molecular formula is C20H30N2O4. The molecule has 0 aromatic heterocycles. The molecule has 26 heavy (non-hydrogen) atoms. The van der Waals surface area contributed by atoms with E-state index in [1.807, 2.05) is 43.9 Å². The molecule has 1 heterocycles. The highest BCUT2D eigenvalue weighted by molar-refractivity contribution is 5.77. The van der Waals surface area contributed by atoms with Crippen LogP contribution in [-0.4, -0.2) is 48.2 Å². The lowest BCUT2D eigenvalue weighted by Gasteiger charge is -2.32. The van der Waals surface area contributed by atoms with Crippen LogP contribution in [0.15, 0.2) is 30.3 Å². The lowest BCUT2D eigenvalue weighted by Crippen LogP contribution is -2.42. The van der Waals surface area contributed by atoms with Crippen LogP contribution in [0.1, 0.15) is 45.6 Å². The number of nitrogens with one attached hydrogen (secondary N) is 1. The minimum absolute atomic E-state index is 0.0579. The van der Waals surface area contributed by atoms with E-state index in [2.05, 4.69) is 17.4 Å². The summed E-state index contributed by atoms with van der Waals surface area (Å²) in [6.45, 7) is 7.72. The summed E-state index contributed by atoms with van der Waals surface area (Å²) in [5, 5.41) is 2.62. The molecule has 1 saturated heterocycles. The minimum atomic E-state index is -0.532. The summed E-state index contributed by atoms with van der Waals surface area (Å²) in [4.78, 5) is 25.7. The molecular weight excluding hydrogens is 332 g/mol. The first kappa shape index (κ1) is 20.2. The van der Waals surface area contributed by atoms with Gasteiger partial charge in [0.05, 0.1) is 12.7 Å². The summed E-state index contributed by atoms with van der Waals surface area (Å²) in [5.74, 6) is 0.0579. The molecule has 0 aliphatic carbocycles. The van der Waals surface area contributed by atoms with Gasteiger partial charge in [-0.05, 0) is 39.2 Å². The Balaban J connectivity index is 1.61. The van der Waals surface area contributed by atoms with Gasteiger partial charge in [-0.2, -0.15) is 0 Å². The van der Waals surface area contributed by atoms with Crippen molar-refractivity contribution in [1.82, 2.24) is 10.2 Å². The Labute approximate surface area is 155 Å². The topological polar surface area (TPSA) is 67.9 Å². The number of alkyl carbamates (subject to hydrolysis) is 1. The monoisotopic (exact) mass is 362 g/mol. The lowest BCUT2D eigenvalue weighted by molar-refractivity contribution is -0.133. The molecule has 1 aromatic rings. The number of amides is 2. The summed E-state index contributed by atoms with van der Waals surface area (Å²) in [6, 6.07) is 10.1. The molecule has 6 heteroatoms. The average Bonchev–Trinajstić information content (AvgIpc) is 2.59. The number of piperidine rings is 1. The number of likely N-dealkylation sites (tertiary alicyclic amines) is 1. The fourth-order valence-electron chi connectivity index (χ4n) is 2.80. The number of rotatable bonds is 6. The molecule has 0 saturated carbocycles. The lowest BCUT2D eigenvalue weighted by atomic mass is 10.1. The first-order valence-electron chi connectivity index (χ1n) is 9.23. The molecule has 2 amide bonds. The molecule has 6 nitrogen and oxygen atoms in total. The zero-order valence-corrected chi connectivity index (χ0v) is 16.0. The number of ether oxygens (including phenoxy) is 2. The third-order valence-corrected chi connectivity index (χ3v) is 4.13. The van der Waals surface area contributed by atoms with Crippen LogP contribution in [-0.2, 0) is 20.9 Å². The Kier molecular flexibility index (Phi) is 7.45. The summed E-state index contributed by atoms with van der Waals surface area (Å²) in [5.41, 5.74) is 0.634. The van der Waals surface area contributed by atoms with Crippen molar-refractivity contribution in [3.05, 3.63) is 35.9 Å². The van der Waals surface area contributed by atoms with Gasteiger partial charge < -0.3 is 19.7 Å². The number of nitrogens with zero attached hydrogens (tertiary/aromatic N) is 1. The van der Waals surface area contributed by atoms with E-state index in [1.54, 1.807) is 0 Å². The van der Waals surface area contributed by atoms with Crippen molar-refractivity contribution in [3.63, 3.8) is 0 Å². The van der Waals surface area contributed by atoms with Crippen molar-refractivity contribution in [2.45, 2.75) is 58.3 Å². The molecule has 0 bridgehead atoms. The molecule has 0 spiro atoms. The summed E-state index contributed by atoms with van der Waals surface area (Å²) < 4.78 is 11.1. The molecule has 0 radical (unpaired) electrons. The van der Waals surface area contributed by atoms with Crippen LogP contribution in [0.25, 0.3) is 0 Å². The highest BCUT2D eigenvalue weighted by Gasteiger charge is 2.23.